The Morgan fingerprint density at radius 1 is 0.649 bits per heavy atom. The quantitative estimate of drug-likeness (QED) is 0.167. The van der Waals surface area contributed by atoms with Crippen LogP contribution in [0.15, 0.2) is 97.1 Å². The van der Waals surface area contributed by atoms with Crippen LogP contribution in [0.25, 0.3) is 11.1 Å². The molecule has 3 aromatic carbocycles. The average molecular weight is 497 g/mol. The van der Waals surface area contributed by atoms with Crippen molar-refractivity contribution in [2.45, 2.75) is 19.8 Å². The highest BCUT2D eigenvalue weighted by Gasteiger charge is 2.22. The molecule has 0 saturated heterocycles. The molecule has 0 atom stereocenters. The van der Waals surface area contributed by atoms with Crippen molar-refractivity contribution < 1.29 is 28.6 Å². The molecule has 0 radical (unpaired) electrons. The highest BCUT2D eigenvalue weighted by atomic mass is 16.5. The second kappa shape index (κ2) is 12.0. The van der Waals surface area contributed by atoms with Gasteiger partial charge in [0.2, 0.25) is 0 Å². The number of ketones is 1. The Labute approximate surface area is 216 Å². The first-order valence-corrected chi connectivity index (χ1v) is 12.0. The van der Waals surface area contributed by atoms with Gasteiger partial charge >= 0.3 is 11.9 Å². The highest BCUT2D eigenvalue weighted by Crippen LogP contribution is 2.26. The van der Waals surface area contributed by atoms with E-state index in [4.69, 9.17) is 14.2 Å². The van der Waals surface area contributed by atoms with Crippen molar-refractivity contribution in [2.75, 3.05) is 7.11 Å². The summed E-state index contributed by atoms with van der Waals surface area (Å²) in [6.07, 6.45) is 7.98. The minimum atomic E-state index is -0.560. The molecule has 3 aromatic rings. The van der Waals surface area contributed by atoms with Gasteiger partial charge in [0.1, 0.15) is 17.2 Å². The van der Waals surface area contributed by atoms with Crippen molar-refractivity contribution in [1.29, 1.82) is 0 Å². The van der Waals surface area contributed by atoms with Gasteiger partial charge in [-0.05, 0) is 79.4 Å². The Bertz CT molecular complexity index is 1290. The monoisotopic (exact) mass is 496 g/mol. The molecule has 0 saturated carbocycles. The number of hydrogen-bond donors (Lipinski definition) is 0. The van der Waals surface area contributed by atoms with Crippen LogP contribution in [0.2, 0.25) is 0 Å². The van der Waals surface area contributed by atoms with Crippen molar-refractivity contribution in [3.05, 3.63) is 103 Å². The molecule has 0 amide bonds. The summed E-state index contributed by atoms with van der Waals surface area (Å²) in [5.41, 5.74) is 2.60. The van der Waals surface area contributed by atoms with Gasteiger partial charge in [-0.2, -0.15) is 0 Å². The van der Waals surface area contributed by atoms with Crippen LogP contribution in [-0.4, -0.2) is 24.8 Å². The van der Waals surface area contributed by atoms with Gasteiger partial charge in [-0.3, -0.25) is 14.4 Å². The minimum Gasteiger partial charge on any atom is -0.497 e. The molecule has 0 heterocycles. The molecular weight excluding hydrogens is 468 g/mol. The van der Waals surface area contributed by atoms with E-state index < -0.39 is 11.9 Å². The maximum Gasteiger partial charge on any atom is 0.322 e. The van der Waals surface area contributed by atoms with Crippen LogP contribution < -0.4 is 14.2 Å². The van der Waals surface area contributed by atoms with Crippen LogP contribution >= 0.6 is 0 Å². The summed E-state index contributed by atoms with van der Waals surface area (Å²) in [6, 6.07) is 21.6. The van der Waals surface area contributed by atoms with Gasteiger partial charge in [0, 0.05) is 5.56 Å². The Kier molecular flexibility index (Phi) is 8.31. The largest absolute Gasteiger partial charge is 0.497 e. The van der Waals surface area contributed by atoms with E-state index in [0.29, 0.717) is 29.9 Å². The Morgan fingerprint density at radius 2 is 1.11 bits per heavy atom. The van der Waals surface area contributed by atoms with Crippen molar-refractivity contribution in [3.63, 3.8) is 0 Å². The van der Waals surface area contributed by atoms with E-state index in [1.807, 2.05) is 48.6 Å². The Hall–Kier alpha value is -4.45. The number of allylic oxidation sites excluding steroid dienone is 2. The predicted octanol–water partition coefficient (Wildman–Crippen LogP) is 6.21. The third-order valence-corrected chi connectivity index (χ3v) is 6.11. The summed E-state index contributed by atoms with van der Waals surface area (Å²) >= 11 is 0. The molecule has 1 aliphatic carbocycles. The highest BCUT2D eigenvalue weighted by molar-refractivity contribution is 5.94. The van der Waals surface area contributed by atoms with Gasteiger partial charge < -0.3 is 14.2 Å². The van der Waals surface area contributed by atoms with Crippen LogP contribution in [0, 0.1) is 11.8 Å². The topological polar surface area (TPSA) is 78.9 Å². The molecule has 188 valence electrons. The molecule has 0 unspecified atom stereocenters. The average Bonchev–Trinajstić information content (AvgIpc) is 2.89. The maximum absolute atomic E-state index is 12.8. The number of carbonyl (C=O) groups excluding carboxylic acids is 3. The Balaban J connectivity index is 1.30. The number of Topliss-reactive ketones (excluding diaryl/α,β-unsaturated/α-hetero) is 1. The van der Waals surface area contributed by atoms with Gasteiger partial charge in [-0.1, -0.05) is 48.6 Å². The van der Waals surface area contributed by atoms with Crippen LogP contribution in [-0.2, 0) is 9.59 Å². The Morgan fingerprint density at radius 3 is 1.59 bits per heavy atom. The van der Waals surface area contributed by atoms with Gasteiger partial charge in [-0.15, -0.1) is 0 Å². The van der Waals surface area contributed by atoms with Crippen LogP contribution in [0.1, 0.15) is 30.1 Å². The number of hydrogen-bond acceptors (Lipinski definition) is 6. The van der Waals surface area contributed by atoms with E-state index in [1.54, 1.807) is 55.7 Å². The zero-order valence-corrected chi connectivity index (χ0v) is 20.8. The summed E-state index contributed by atoms with van der Waals surface area (Å²) in [5, 5.41) is 0. The van der Waals surface area contributed by atoms with E-state index >= 15 is 0 Å². The molecule has 6 nitrogen and oxygen atoms in total. The van der Waals surface area contributed by atoms with Crippen molar-refractivity contribution >= 4 is 17.7 Å². The van der Waals surface area contributed by atoms with Crippen LogP contribution in [0.5, 0.6) is 17.2 Å². The molecule has 4 rings (SSSR count). The third-order valence-electron chi connectivity index (χ3n) is 6.11. The number of rotatable bonds is 7. The molecule has 0 fully saturated rings. The zero-order chi connectivity index (χ0) is 26.2. The van der Waals surface area contributed by atoms with Crippen LogP contribution in [0.4, 0.5) is 0 Å². The molecule has 0 aromatic heterocycles. The normalized spacial score (nSPS) is 16.8. The lowest BCUT2D eigenvalue weighted by Crippen LogP contribution is -2.22. The van der Waals surface area contributed by atoms with E-state index in [0.717, 1.165) is 16.9 Å². The van der Waals surface area contributed by atoms with Gasteiger partial charge in [0.15, 0.2) is 5.78 Å². The number of carbonyl (C=O) groups is 3. The second-order valence-corrected chi connectivity index (χ2v) is 8.73. The van der Waals surface area contributed by atoms with Crippen LogP contribution in [0.3, 0.4) is 0 Å². The number of esters is 2. The molecule has 37 heavy (non-hydrogen) atoms. The first-order valence-electron chi connectivity index (χ1n) is 12.0. The smallest absolute Gasteiger partial charge is 0.322 e. The molecule has 6 heteroatoms. The van der Waals surface area contributed by atoms with E-state index in [2.05, 4.69) is 0 Å². The summed E-state index contributed by atoms with van der Waals surface area (Å²) in [7, 11) is 1.63. The zero-order valence-electron chi connectivity index (χ0n) is 20.8. The minimum absolute atomic E-state index is 0.0533. The molecule has 0 bridgehead atoms. The van der Waals surface area contributed by atoms with Gasteiger partial charge in [-0.25, -0.2) is 0 Å². The van der Waals surface area contributed by atoms with E-state index in [9.17, 15) is 14.4 Å². The summed E-state index contributed by atoms with van der Waals surface area (Å²) in [4.78, 5) is 36.7. The van der Waals surface area contributed by atoms with Gasteiger partial charge in [0.25, 0.3) is 0 Å². The van der Waals surface area contributed by atoms with E-state index in [-0.39, 0.29) is 17.7 Å². The number of benzene rings is 3. The lowest BCUT2D eigenvalue weighted by Gasteiger charge is -2.16. The molecule has 1 aliphatic rings. The maximum atomic E-state index is 12.8. The first kappa shape index (κ1) is 25.6. The SMILES string of the molecule is COc1ccc(-c2ccc(OC(=O)C3CC=CC(C(=O)Oc4ccc(C(C)=O)cc4)C=CC3)cc2)cc1. The fourth-order valence-corrected chi connectivity index (χ4v) is 3.93. The fraction of sp³-hybridized carbons (Fsp3) is 0.194. The van der Waals surface area contributed by atoms with Crippen molar-refractivity contribution in [1.82, 2.24) is 0 Å². The molecular formula is C31H28O6. The summed E-state index contributed by atoms with van der Waals surface area (Å²) in [5.74, 6) is -0.0746. The van der Waals surface area contributed by atoms with Crippen molar-refractivity contribution in [3.8, 4) is 28.4 Å². The predicted molar refractivity (Wildman–Crippen MR) is 141 cm³/mol. The lowest BCUT2D eigenvalue weighted by atomic mass is 9.95. The van der Waals surface area contributed by atoms with Crippen molar-refractivity contribution in [2.24, 2.45) is 11.8 Å². The molecule has 0 spiro atoms. The third kappa shape index (κ3) is 6.82. The number of ether oxygens (including phenoxy) is 3. The number of methoxy groups -OCH3 is 1. The standard InChI is InChI=1S/C31H28O6/c1-21(32)22-9-17-28(18-10-22)36-30(33)25-5-3-7-26(8-4-6-25)31(34)37-29-19-13-24(14-20-29)23-11-15-27(35-2)16-12-23/h3-6,9-20,25-26H,7-8H2,1-2H3. The molecule has 0 aliphatic heterocycles. The second-order valence-electron chi connectivity index (χ2n) is 8.73. The van der Waals surface area contributed by atoms with Gasteiger partial charge in [0.05, 0.1) is 18.9 Å². The van der Waals surface area contributed by atoms with E-state index in [1.165, 1.54) is 6.92 Å². The first-order chi connectivity index (χ1) is 17.9. The summed E-state index contributed by atoms with van der Waals surface area (Å²) < 4.78 is 16.3. The fourth-order valence-electron chi connectivity index (χ4n) is 3.93. The molecule has 0 N–H and O–H groups in total. The lowest BCUT2D eigenvalue weighted by molar-refractivity contribution is -0.138. The summed E-state index contributed by atoms with van der Waals surface area (Å²) in [6.45, 7) is 1.48.